The summed E-state index contributed by atoms with van der Waals surface area (Å²) in [4.78, 5) is 0. The van der Waals surface area contributed by atoms with Gasteiger partial charge in [0.2, 0.25) is 0 Å². The lowest BCUT2D eigenvalue weighted by Gasteiger charge is -2.19. The Morgan fingerprint density at radius 2 is 0.633 bits per heavy atom. The summed E-state index contributed by atoms with van der Waals surface area (Å²) in [5, 5.41) is 72.5. The SMILES string of the molecule is CCc1ccc(O)cc1O.CCc1ccc(O)cc1O.Cc1cc(C(C)(C)C)ccc1O.Cc1cc(C(C)(C)C)ccc1O.Cc1ccccc1O.Cc1ccccc1O. The number of phenolic OH excluding ortho intramolecular Hbond substituents is 8. The van der Waals surface area contributed by atoms with Crippen LogP contribution in [-0.2, 0) is 23.7 Å². The van der Waals surface area contributed by atoms with E-state index in [1.54, 1.807) is 48.5 Å². The third-order valence-electron chi connectivity index (χ3n) is 9.26. The molecule has 324 valence electrons. The summed E-state index contributed by atoms with van der Waals surface area (Å²) in [7, 11) is 0. The standard InChI is InChI=1S/2C11H16O.2C8H10O2.2C7H8O/c2*1-8-7-9(11(2,3)4)5-6-10(8)12;2*1-2-6-3-4-7(9)5-8(6)10;2*1-6-4-2-3-5-7(6)8/h2*5-7,12H,1-4H3;2*3-5,9-10H,2H2,1H3;2*2-5,8H,1H3. The number of hydrogen-bond acceptors (Lipinski definition) is 8. The maximum atomic E-state index is 9.31. The molecule has 8 nitrogen and oxygen atoms in total. The van der Waals surface area contributed by atoms with E-state index in [-0.39, 0.29) is 33.8 Å². The first-order chi connectivity index (χ1) is 27.9. The van der Waals surface area contributed by atoms with Crippen LogP contribution in [0.4, 0.5) is 0 Å². The van der Waals surface area contributed by atoms with E-state index in [0.717, 1.165) is 46.2 Å². The van der Waals surface area contributed by atoms with Gasteiger partial charge < -0.3 is 40.9 Å². The molecule has 0 heterocycles. The molecule has 6 aromatic carbocycles. The Morgan fingerprint density at radius 1 is 0.333 bits per heavy atom. The van der Waals surface area contributed by atoms with Crippen LogP contribution < -0.4 is 0 Å². The van der Waals surface area contributed by atoms with Gasteiger partial charge in [-0.15, -0.1) is 0 Å². The van der Waals surface area contributed by atoms with E-state index in [9.17, 15) is 10.2 Å². The molecule has 0 aliphatic carbocycles. The first kappa shape index (κ1) is 51.7. The molecule has 0 aromatic heterocycles. The Morgan fingerprint density at radius 3 is 0.850 bits per heavy atom. The quantitative estimate of drug-likeness (QED) is 0.0856. The molecule has 0 atom stereocenters. The fourth-order valence-corrected chi connectivity index (χ4v) is 5.07. The van der Waals surface area contributed by atoms with Gasteiger partial charge >= 0.3 is 0 Å². The van der Waals surface area contributed by atoms with Gasteiger partial charge in [0.05, 0.1) is 0 Å². The minimum atomic E-state index is 0.106. The van der Waals surface area contributed by atoms with Crippen LogP contribution in [-0.4, -0.2) is 40.9 Å². The lowest BCUT2D eigenvalue weighted by Crippen LogP contribution is -2.10. The van der Waals surface area contributed by atoms with Crippen molar-refractivity contribution in [3.63, 3.8) is 0 Å². The van der Waals surface area contributed by atoms with Gasteiger partial charge in [-0.1, -0.05) is 128 Å². The maximum absolute atomic E-state index is 9.31. The van der Waals surface area contributed by atoms with Crippen molar-refractivity contribution in [2.45, 2.75) is 107 Å². The van der Waals surface area contributed by atoms with E-state index in [4.69, 9.17) is 30.6 Å². The smallest absolute Gasteiger partial charge is 0.122 e. The highest BCUT2D eigenvalue weighted by atomic mass is 16.3. The summed E-state index contributed by atoms with van der Waals surface area (Å²) >= 11 is 0. The van der Waals surface area contributed by atoms with Crippen molar-refractivity contribution in [3.8, 4) is 46.0 Å². The van der Waals surface area contributed by atoms with Gasteiger partial charge in [-0.2, -0.15) is 0 Å². The zero-order valence-corrected chi connectivity index (χ0v) is 37.5. The van der Waals surface area contributed by atoms with E-state index >= 15 is 0 Å². The summed E-state index contributed by atoms with van der Waals surface area (Å²) in [6.07, 6.45) is 1.57. The van der Waals surface area contributed by atoms with Gasteiger partial charge in [-0.05, 0) is 132 Å². The van der Waals surface area contributed by atoms with E-state index in [1.807, 2.05) is 102 Å². The van der Waals surface area contributed by atoms with E-state index < -0.39 is 0 Å². The van der Waals surface area contributed by atoms with Gasteiger partial charge in [0, 0.05) is 12.1 Å². The zero-order valence-electron chi connectivity index (χ0n) is 37.5. The number of aromatic hydroxyl groups is 8. The van der Waals surface area contributed by atoms with Crippen molar-refractivity contribution >= 4 is 0 Å². The molecule has 0 radical (unpaired) electrons. The zero-order chi connectivity index (χ0) is 45.8. The number of hydrogen-bond donors (Lipinski definition) is 8. The lowest BCUT2D eigenvalue weighted by molar-refractivity contribution is 0.445. The van der Waals surface area contributed by atoms with Gasteiger partial charge in [0.15, 0.2) is 0 Å². The molecule has 6 aromatic rings. The molecule has 0 bridgehead atoms. The summed E-state index contributed by atoms with van der Waals surface area (Å²) in [6, 6.07) is 35.3. The van der Waals surface area contributed by atoms with Crippen molar-refractivity contribution < 1.29 is 40.9 Å². The van der Waals surface area contributed by atoms with Crippen LogP contribution in [0.3, 0.4) is 0 Å². The van der Waals surface area contributed by atoms with Crippen LogP contribution in [0, 0.1) is 27.7 Å². The Kier molecular flexibility index (Phi) is 21.2. The second kappa shape index (κ2) is 24.6. The van der Waals surface area contributed by atoms with Gasteiger partial charge in [-0.25, -0.2) is 0 Å². The number of rotatable bonds is 2. The highest BCUT2D eigenvalue weighted by Crippen LogP contribution is 2.28. The minimum absolute atomic E-state index is 0.106. The van der Waals surface area contributed by atoms with Crippen LogP contribution in [0.1, 0.15) is 99.9 Å². The average molecular weight is 821 g/mol. The first-order valence-corrected chi connectivity index (χ1v) is 20.0. The predicted octanol–water partition coefficient (Wildman–Crippen LogP) is 12.7. The van der Waals surface area contributed by atoms with Gasteiger partial charge in [-0.3, -0.25) is 0 Å². The molecule has 0 aliphatic rings. The number of para-hydroxylation sites is 2. The predicted molar refractivity (Wildman–Crippen MR) is 247 cm³/mol. The Labute approximate surface area is 358 Å². The van der Waals surface area contributed by atoms with Crippen LogP contribution >= 0.6 is 0 Å². The van der Waals surface area contributed by atoms with Crippen LogP contribution in [0.5, 0.6) is 46.0 Å². The summed E-state index contributed by atoms with van der Waals surface area (Å²) in [5.74, 6) is 2.04. The molecule has 0 spiro atoms. The monoisotopic (exact) mass is 820 g/mol. The molecule has 0 aliphatic heterocycles. The number of aryl methyl sites for hydroxylation is 6. The largest absolute Gasteiger partial charge is 0.508 e. The maximum Gasteiger partial charge on any atom is 0.122 e. The van der Waals surface area contributed by atoms with Crippen molar-refractivity contribution in [3.05, 3.63) is 166 Å². The van der Waals surface area contributed by atoms with E-state index in [2.05, 4.69) is 41.5 Å². The topological polar surface area (TPSA) is 162 Å². The summed E-state index contributed by atoms with van der Waals surface area (Å²) in [5.41, 5.74) is 8.31. The fraction of sp³-hybridized carbons (Fsp3) is 0.308. The third-order valence-corrected chi connectivity index (χ3v) is 9.26. The van der Waals surface area contributed by atoms with Crippen molar-refractivity contribution in [1.29, 1.82) is 0 Å². The second-order valence-corrected chi connectivity index (χ2v) is 16.4. The normalized spacial score (nSPS) is 10.3. The molecule has 8 heteroatoms. The first-order valence-electron chi connectivity index (χ1n) is 20.0. The molecule has 6 rings (SSSR count). The molecule has 8 N–H and O–H groups in total. The third kappa shape index (κ3) is 19.0. The Balaban J connectivity index is 0.000000362. The van der Waals surface area contributed by atoms with Gasteiger partial charge in [0.1, 0.15) is 46.0 Å². The molecular weight excluding hydrogens is 753 g/mol. The molecule has 0 amide bonds. The highest BCUT2D eigenvalue weighted by molar-refractivity contribution is 5.41. The van der Waals surface area contributed by atoms with Crippen molar-refractivity contribution in [2.75, 3.05) is 0 Å². The van der Waals surface area contributed by atoms with Crippen molar-refractivity contribution in [1.82, 2.24) is 0 Å². The molecule has 0 unspecified atom stereocenters. The molecule has 0 saturated heterocycles. The summed E-state index contributed by atoms with van der Waals surface area (Å²) in [6.45, 7) is 24.5. The Bertz CT molecular complexity index is 1990. The van der Waals surface area contributed by atoms with Crippen LogP contribution in [0.2, 0.25) is 0 Å². The second-order valence-electron chi connectivity index (χ2n) is 16.4. The fourth-order valence-electron chi connectivity index (χ4n) is 5.07. The van der Waals surface area contributed by atoms with Crippen LogP contribution in [0.25, 0.3) is 0 Å². The van der Waals surface area contributed by atoms with E-state index in [1.165, 1.54) is 23.3 Å². The lowest BCUT2D eigenvalue weighted by atomic mass is 9.86. The molecule has 60 heavy (non-hydrogen) atoms. The number of phenols is 8. The summed E-state index contributed by atoms with van der Waals surface area (Å²) < 4.78 is 0. The van der Waals surface area contributed by atoms with Crippen LogP contribution in [0.15, 0.2) is 121 Å². The molecular formula is C52H68O8. The molecule has 0 saturated carbocycles. The number of benzene rings is 6. The van der Waals surface area contributed by atoms with E-state index in [0.29, 0.717) is 23.0 Å². The molecule has 0 fully saturated rings. The highest BCUT2D eigenvalue weighted by Gasteiger charge is 2.15. The Hall–Kier alpha value is -6.28. The van der Waals surface area contributed by atoms with Gasteiger partial charge in [0.25, 0.3) is 0 Å². The minimum Gasteiger partial charge on any atom is -0.508 e. The average Bonchev–Trinajstić information content (AvgIpc) is 3.17. The van der Waals surface area contributed by atoms with Crippen molar-refractivity contribution in [2.24, 2.45) is 0 Å².